The van der Waals surface area contributed by atoms with Gasteiger partial charge in [0.2, 0.25) is 0 Å². The van der Waals surface area contributed by atoms with E-state index in [9.17, 15) is 4.79 Å². The molecule has 0 aliphatic rings. The maximum atomic E-state index is 11.7. The minimum atomic E-state index is -0.613. The molecule has 0 saturated heterocycles. The standard InChI is InChI=1S/C14H17N5O3/c1-2-22-14(21)13(17-15)12-4-3-10(9-16-12)11-5-6-19(18-11)7-8-20/h3-6,9,20H,2,7-8,15H2,1H3/b17-13+. The summed E-state index contributed by atoms with van der Waals surface area (Å²) in [5.41, 5.74) is 1.80. The van der Waals surface area contributed by atoms with E-state index in [-0.39, 0.29) is 18.9 Å². The van der Waals surface area contributed by atoms with Crippen LogP contribution in [0.3, 0.4) is 0 Å². The molecule has 0 aliphatic heterocycles. The van der Waals surface area contributed by atoms with E-state index >= 15 is 0 Å². The first-order chi connectivity index (χ1) is 10.7. The number of pyridine rings is 1. The number of nitrogens with two attached hydrogens (primary N) is 1. The average Bonchev–Trinajstić information content (AvgIpc) is 2.98. The zero-order chi connectivity index (χ0) is 15.9. The van der Waals surface area contributed by atoms with E-state index in [4.69, 9.17) is 15.7 Å². The third-order valence-corrected chi connectivity index (χ3v) is 2.87. The highest BCUT2D eigenvalue weighted by Crippen LogP contribution is 2.16. The molecule has 0 amide bonds. The van der Waals surface area contributed by atoms with Gasteiger partial charge in [-0.25, -0.2) is 4.79 Å². The molecule has 0 aromatic carbocycles. The molecule has 2 aromatic heterocycles. The van der Waals surface area contributed by atoms with Crippen LogP contribution in [0.4, 0.5) is 0 Å². The fourth-order valence-electron chi connectivity index (χ4n) is 1.85. The van der Waals surface area contributed by atoms with Gasteiger partial charge in [-0.15, -0.1) is 0 Å². The van der Waals surface area contributed by atoms with Gasteiger partial charge < -0.3 is 15.7 Å². The second kappa shape index (κ2) is 7.32. The van der Waals surface area contributed by atoms with Gasteiger partial charge >= 0.3 is 5.97 Å². The molecule has 22 heavy (non-hydrogen) atoms. The molecule has 2 rings (SSSR count). The smallest absolute Gasteiger partial charge is 0.361 e. The Morgan fingerprint density at radius 1 is 1.45 bits per heavy atom. The Bertz CT molecular complexity index is 663. The molecule has 2 aromatic rings. The van der Waals surface area contributed by atoms with Crippen LogP contribution >= 0.6 is 0 Å². The largest absolute Gasteiger partial charge is 0.461 e. The molecule has 0 radical (unpaired) electrons. The normalized spacial score (nSPS) is 11.5. The van der Waals surface area contributed by atoms with E-state index in [1.807, 2.05) is 6.07 Å². The number of carbonyl (C=O) groups is 1. The number of hydrazone groups is 1. The quantitative estimate of drug-likeness (QED) is 0.340. The van der Waals surface area contributed by atoms with Crippen molar-refractivity contribution in [3.8, 4) is 11.3 Å². The van der Waals surface area contributed by atoms with Crippen LogP contribution in [0.2, 0.25) is 0 Å². The van der Waals surface area contributed by atoms with E-state index < -0.39 is 5.97 Å². The third-order valence-electron chi connectivity index (χ3n) is 2.87. The van der Waals surface area contributed by atoms with Crippen LogP contribution in [-0.2, 0) is 16.1 Å². The minimum Gasteiger partial charge on any atom is -0.461 e. The van der Waals surface area contributed by atoms with Crippen molar-refractivity contribution in [1.82, 2.24) is 14.8 Å². The molecule has 8 heteroatoms. The molecule has 0 atom stereocenters. The van der Waals surface area contributed by atoms with Crippen molar-refractivity contribution in [3.05, 3.63) is 36.3 Å². The lowest BCUT2D eigenvalue weighted by Gasteiger charge is -2.04. The van der Waals surface area contributed by atoms with Crippen molar-refractivity contribution >= 4 is 11.7 Å². The summed E-state index contributed by atoms with van der Waals surface area (Å²) in [5.74, 6) is 4.62. The number of carbonyl (C=O) groups excluding carboxylic acids is 1. The molecule has 116 valence electrons. The summed E-state index contributed by atoms with van der Waals surface area (Å²) in [7, 11) is 0. The Hall–Kier alpha value is -2.74. The summed E-state index contributed by atoms with van der Waals surface area (Å²) < 4.78 is 6.50. The van der Waals surface area contributed by atoms with Gasteiger partial charge in [-0.1, -0.05) is 0 Å². The molecule has 0 bridgehead atoms. The highest BCUT2D eigenvalue weighted by Gasteiger charge is 2.16. The summed E-state index contributed by atoms with van der Waals surface area (Å²) in [6, 6.07) is 5.21. The number of ether oxygens (including phenoxy) is 1. The molecule has 0 aliphatic carbocycles. The highest BCUT2D eigenvalue weighted by molar-refractivity contribution is 6.42. The van der Waals surface area contributed by atoms with Crippen LogP contribution in [0.5, 0.6) is 0 Å². The topological polar surface area (TPSA) is 116 Å². The summed E-state index contributed by atoms with van der Waals surface area (Å²) in [4.78, 5) is 15.9. The number of hydrogen-bond acceptors (Lipinski definition) is 7. The Morgan fingerprint density at radius 3 is 2.86 bits per heavy atom. The van der Waals surface area contributed by atoms with Crippen molar-refractivity contribution < 1.29 is 14.6 Å². The summed E-state index contributed by atoms with van der Waals surface area (Å²) in [5, 5.41) is 16.6. The number of esters is 1. The molecular formula is C14H17N5O3. The zero-order valence-electron chi connectivity index (χ0n) is 12.1. The van der Waals surface area contributed by atoms with Gasteiger partial charge in [0.1, 0.15) is 0 Å². The maximum absolute atomic E-state index is 11.7. The summed E-state index contributed by atoms with van der Waals surface area (Å²) in [6.45, 7) is 2.38. The molecule has 0 fully saturated rings. The summed E-state index contributed by atoms with van der Waals surface area (Å²) >= 11 is 0. The lowest BCUT2D eigenvalue weighted by atomic mass is 10.1. The fraction of sp³-hybridized carbons (Fsp3) is 0.286. The van der Waals surface area contributed by atoms with Crippen LogP contribution in [0.1, 0.15) is 12.6 Å². The Balaban J connectivity index is 2.20. The van der Waals surface area contributed by atoms with E-state index in [1.165, 1.54) is 0 Å². The van der Waals surface area contributed by atoms with Gasteiger partial charge in [-0.2, -0.15) is 10.2 Å². The number of aliphatic hydroxyl groups excluding tert-OH is 1. The lowest BCUT2D eigenvalue weighted by Crippen LogP contribution is -2.21. The predicted octanol–water partition coefficient (Wildman–Crippen LogP) is 0.163. The first-order valence-electron chi connectivity index (χ1n) is 6.75. The third kappa shape index (κ3) is 3.47. The maximum Gasteiger partial charge on any atom is 0.361 e. The van der Waals surface area contributed by atoms with Gasteiger partial charge in [-0.05, 0) is 25.1 Å². The number of nitrogens with zero attached hydrogens (tertiary/aromatic N) is 4. The Kier molecular flexibility index (Phi) is 5.21. The van der Waals surface area contributed by atoms with Crippen molar-refractivity contribution in [2.75, 3.05) is 13.2 Å². The zero-order valence-corrected chi connectivity index (χ0v) is 12.1. The molecule has 0 unspecified atom stereocenters. The van der Waals surface area contributed by atoms with Gasteiger partial charge in [-0.3, -0.25) is 9.67 Å². The van der Waals surface area contributed by atoms with Crippen molar-refractivity contribution in [2.24, 2.45) is 10.9 Å². The molecule has 8 nitrogen and oxygen atoms in total. The van der Waals surface area contributed by atoms with Crippen LogP contribution in [0.25, 0.3) is 11.3 Å². The first-order valence-corrected chi connectivity index (χ1v) is 6.75. The number of aromatic nitrogens is 3. The monoisotopic (exact) mass is 303 g/mol. The molecule has 3 N–H and O–H groups in total. The lowest BCUT2D eigenvalue weighted by molar-refractivity contribution is -0.134. The molecule has 2 heterocycles. The van der Waals surface area contributed by atoms with E-state index in [1.54, 1.807) is 36.1 Å². The Morgan fingerprint density at radius 2 is 2.27 bits per heavy atom. The van der Waals surface area contributed by atoms with Crippen molar-refractivity contribution in [2.45, 2.75) is 13.5 Å². The highest BCUT2D eigenvalue weighted by atomic mass is 16.5. The summed E-state index contributed by atoms with van der Waals surface area (Å²) in [6.07, 6.45) is 3.34. The van der Waals surface area contributed by atoms with Gasteiger partial charge in [0, 0.05) is 18.0 Å². The fourth-order valence-corrected chi connectivity index (χ4v) is 1.85. The van der Waals surface area contributed by atoms with Gasteiger partial charge in [0.05, 0.1) is 31.1 Å². The number of rotatable bonds is 6. The van der Waals surface area contributed by atoms with Crippen molar-refractivity contribution in [3.63, 3.8) is 0 Å². The van der Waals surface area contributed by atoms with Crippen LogP contribution in [0.15, 0.2) is 35.7 Å². The molecule has 0 spiro atoms. The predicted molar refractivity (Wildman–Crippen MR) is 79.9 cm³/mol. The van der Waals surface area contributed by atoms with Gasteiger partial charge in [0.25, 0.3) is 0 Å². The minimum absolute atomic E-state index is 0.0220. The van der Waals surface area contributed by atoms with Crippen LogP contribution < -0.4 is 5.84 Å². The van der Waals surface area contributed by atoms with E-state index in [2.05, 4.69) is 15.2 Å². The SMILES string of the molecule is CCOC(=O)/C(=N/N)c1ccc(-c2ccn(CCO)n2)cn1. The van der Waals surface area contributed by atoms with Gasteiger partial charge in [0.15, 0.2) is 5.71 Å². The first kappa shape index (κ1) is 15.6. The second-order valence-corrected chi connectivity index (χ2v) is 4.32. The average molecular weight is 303 g/mol. The van der Waals surface area contributed by atoms with E-state index in [0.717, 1.165) is 11.3 Å². The molecule has 0 saturated carbocycles. The molecular weight excluding hydrogens is 286 g/mol. The number of hydrogen-bond donors (Lipinski definition) is 2. The van der Waals surface area contributed by atoms with Crippen molar-refractivity contribution in [1.29, 1.82) is 0 Å². The second-order valence-electron chi connectivity index (χ2n) is 4.32. The van der Waals surface area contributed by atoms with Crippen LogP contribution in [0, 0.1) is 0 Å². The van der Waals surface area contributed by atoms with E-state index in [0.29, 0.717) is 12.2 Å². The van der Waals surface area contributed by atoms with Crippen LogP contribution in [-0.4, -0.2) is 44.8 Å². The number of aliphatic hydroxyl groups is 1. The Labute approximate surface area is 127 Å².